The molecule has 2 unspecified atom stereocenters. The Bertz CT molecular complexity index is 748. The molecule has 22 heavy (non-hydrogen) atoms. The van der Waals surface area contributed by atoms with Crippen LogP contribution in [0.15, 0.2) is 11.1 Å². The maximum absolute atomic E-state index is 11.6. The van der Waals surface area contributed by atoms with Gasteiger partial charge in [0.05, 0.1) is 0 Å². The molecule has 3 N–H and O–H groups in total. The molecule has 0 spiro atoms. The Kier molecular flexibility index (Phi) is 6.71. The smallest absolute Gasteiger partial charge is 0.777 e. The van der Waals surface area contributed by atoms with Gasteiger partial charge in [0.1, 0.15) is 12.7 Å². The van der Waals surface area contributed by atoms with Crippen LogP contribution >= 0.6 is 7.60 Å². The summed E-state index contributed by atoms with van der Waals surface area (Å²) in [5, 5.41) is 0. The maximum Gasteiger partial charge on any atom is 1.00 e. The fraction of sp³-hybridized carbons (Fsp3) is 0.444. The van der Waals surface area contributed by atoms with E-state index in [9.17, 15) is 14.3 Å². The topological polar surface area (TPSA) is 157 Å². The second kappa shape index (κ2) is 7.66. The minimum absolute atomic E-state index is 0. The maximum atomic E-state index is 11.6. The molecule has 0 amide bonds. The van der Waals surface area contributed by atoms with Crippen LogP contribution in [0.25, 0.3) is 11.2 Å². The first kappa shape index (κ1) is 19.3. The molecule has 2 atom stereocenters. The number of aromatic amines is 1. The number of fused-ring (bicyclic) bond motifs is 1. The SMILES string of the molecule is COC(OCP(=O)([O-])OC)n1cnc2c(=O)[nH]c(N)nc21.[Na+]. The van der Waals surface area contributed by atoms with Crippen molar-refractivity contribution >= 4 is 24.7 Å². The zero-order chi connectivity index (χ0) is 15.6. The molecule has 0 aliphatic heterocycles. The summed E-state index contributed by atoms with van der Waals surface area (Å²) in [6.45, 7) is 0. The minimum Gasteiger partial charge on any atom is -0.777 e. The predicted molar refractivity (Wildman–Crippen MR) is 69.2 cm³/mol. The van der Waals surface area contributed by atoms with Crippen LogP contribution in [0.1, 0.15) is 6.41 Å². The molecule has 0 saturated heterocycles. The van der Waals surface area contributed by atoms with Crippen molar-refractivity contribution in [1.82, 2.24) is 19.5 Å². The number of rotatable bonds is 6. The van der Waals surface area contributed by atoms with Crippen LogP contribution in [0.3, 0.4) is 0 Å². The standard InChI is InChI=1S/C9H14N5O6P.Na/c1-18-9(20-4-21(16,17)19-2)14-3-11-5-6(14)12-8(10)13-7(5)15;/h3,9H,4H2,1-2H3,(H,16,17)(H3,10,12,13,15);/q;+1/p-1. The zero-order valence-electron chi connectivity index (χ0n) is 12.2. The Morgan fingerprint density at radius 2 is 2.23 bits per heavy atom. The first-order valence-corrected chi connectivity index (χ1v) is 7.33. The largest absolute Gasteiger partial charge is 1.00 e. The van der Waals surface area contributed by atoms with Crippen molar-refractivity contribution in [2.24, 2.45) is 0 Å². The van der Waals surface area contributed by atoms with Gasteiger partial charge in [0.15, 0.2) is 18.8 Å². The Labute approximate surface area is 146 Å². The van der Waals surface area contributed by atoms with Crippen LogP contribution in [-0.2, 0) is 18.6 Å². The van der Waals surface area contributed by atoms with E-state index in [0.29, 0.717) is 0 Å². The number of hydrogen-bond acceptors (Lipinski definition) is 9. The number of methoxy groups -OCH3 is 1. The number of ether oxygens (including phenoxy) is 2. The summed E-state index contributed by atoms with van der Waals surface area (Å²) in [7, 11) is -1.81. The van der Waals surface area contributed by atoms with Gasteiger partial charge in [-0.1, -0.05) is 0 Å². The van der Waals surface area contributed by atoms with E-state index in [2.05, 4.69) is 19.5 Å². The minimum atomic E-state index is -4.12. The molecule has 2 aromatic heterocycles. The molecule has 0 aliphatic carbocycles. The number of nitrogens with zero attached hydrogens (tertiary/aromatic N) is 3. The van der Waals surface area contributed by atoms with E-state index in [1.807, 2.05) is 0 Å². The molecule has 2 heterocycles. The molecule has 116 valence electrons. The third-order valence-electron chi connectivity index (χ3n) is 2.53. The van der Waals surface area contributed by atoms with Crippen molar-refractivity contribution in [3.05, 3.63) is 16.7 Å². The summed E-state index contributed by atoms with van der Waals surface area (Å²) < 4.78 is 26.9. The van der Waals surface area contributed by atoms with Crippen LogP contribution in [0.4, 0.5) is 5.95 Å². The second-order valence-corrected chi connectivity index (χ2v) is 5.75. The fourth-order valence-electron chi connectivity index (χ4n) is 1.57. The molecular formula is C9H13N5NaO6P. The molecule has 11 nitrogen and oxygen atoms in total. The number of aromatic nitrogens is 4. The van der Waals surface area contributed by atoms with Gasteiger partial charge in [-0.3, -0.25) is 14.3 Å². The van der Waals surface area contributed by atoms with Gasteiger partial charge in [-0.15, -0.1) is 0 Å². The Balaban J connectivity index is 0.00000242. The molecule has 0 bridgehead atoms. The van der Waals surface area contributed by atoms with E-state index < -0.39 is 25.9 Å². The number of anilines is 1. The van der Waals surface area contributed by atoms with Crippen LogP contribution in [0, 0.1) is 0 Å². The number of nitrogens with one attached hydrogen (secondary N) is 1. The summed E-state index contributed by atoms with van der Waals surface area (Å²) in [6, 6.07) is 0. The molecule has 0 radical (unpaired) electrons. The van der Waals surface area contributed by atoms with Crippen molar-refractivity contribution in [2.45, 2.75) is 6.41 Å². The van der Waals surface area contributed by atoms with Gasteiger partial charge in [0.25, 0.3) is 5.56 Å². The van der Waals surface area contributed by atoms with Crippen LogP contribution < -0.4 is 45.7 Å². The number of hydrogen-bond donors (Lipinski definition) is 2. The van der Waals surface area contributed by atoms with E-state index in [0.717, 1.165) is 7.11 Å². The van der Waals surface area contributed by atoms with E-state index in [4.69, 9.17) is 15.2 Å². The molecule has 2 aromatic rings. The van der Waals surface area contributed by atoms with Crippen LogP contribution in [-0.4, -0.2) is 40.1 Å². The van der Waals surface area contributed by atoms with Crippen molar-refractivity contribution in [3.8, 4) is 0 Å². The molecule has 13 heteroatoms. The van der Waals surface area contributed by atoms with E-state index in [-0.39, 0.29) is 46.7 Å². The monoisotopic (exact) mass is 341 g/mol. The van der Waals surface area contributed by atoms with Crippen molar-refractivity contribution in [3.63, 3.8) is 0 Å². The number of H-pyrrole nitrogens is 1. The molecule has 0 fully saturated rings. The van der Waals surface area contributed by atoms with Gasteiger partial charge in [0.2, 0.25) is 12.4 Å². The first-order valence-electron chi connectivity index (χ1n) is 5.60. The number of imidazole rings is 1. The first-order chi connectivity index (χ1) is 9.88. The summed E-state index contributed by atoms with van der Waals surface area (Å²) in [5.41, 5.74) is 5.04. The predicted octanol–water partition coefficient (Wildman–Crippen LogP) is -4.02. The molecule has 0 aliphatic rings. The molecule has 0 saturated carbocycles. The fourth-order valence-corrected chi connectivity index (χ4v) is 1.98. The van der Waals surface area contributed by atoms with Crippen LogP contribution in [0.2, 0.25) is 0 Å². The van der Waals surface area contributed by atoms with Gasteiger partial charge in [-0.25, -0.2) is 4.98 Å². The summed E-state index contributed by atoms with van der Waals surface area (Å²) >= 11 is 0. The third-order valence-corrected chi connectivity index (χ3v) is 3.55. The average molecular weight is 341 g/mol. The quantitative estimate of drug-likeness (QED) is 0.303. The normalized spacial score (nSPS) is 15.2. The van der Waals surface area contributed by atoms with Gasteiger partial charge in [-0.2, -0.15) is 4.98 Å². The molecule has 0 aromatic carbocycles. The van der Waals surface area contributed by atoms with Gasteiger partial charge in [-0.05, 0) is 0 Å². The van der Waals surface area contributed by atoms with Crippen molar-refractivity contribution < 1.29 is 53.0 Å². The van der Waals surface area contributed by atoms with E-state index >= 15 is 0 Å². The summed E-state index contributed by atoms with van der Waals surface area (Å²) in [6.07, 6.45) is -0.662. The summed E-state index contributed by atoms with van der Waals surface area (Å²) in [5.74, 6) is -0.115. The molecule has 2 rings (SSSR count). The average Bonchev–Trinajstić information content (AvgIpc) is 2.84. The van der Waals surface area contributed by atoms with Crippen molar-refractivity contribution in [2.75, 3.05) is 26.3 Å². The third kappa shape index (κ3) is 4.15. The number of nitrogens with two attached hydrogens (primary N) is 1. The van der Waals surface area contributed by atoms with Gasteiger partial charge < -0.3 is 29.2 Å². The second-order valence-electron chi connectivity index (χ2n) is 3.91. The van der Waals surface area contributed by atoms with Crippen molar-refractivity contribution in [1.29, 1.82) is 0 Å². The Hall–Kier alpha value is -0.780. The molecular weight excluding hydrogens is 328 g/mol. The summed E-state index contributed by atoms with van der Waals surface area (Å²) in [4.78, 5) is 33.0. The van der Waals surface area contributed by atoms with E-state index in [1.54, 1.807) is 0 Å². The van der Waals surface area contributed by atoms with E-state index in [1.165, 1.54) is 18.0 Å². The Morgan fingerprint density at radius 3 is 2.82 bits per heavy atom. The van der Waals surface area contributed by atoms with Gasteiger partial charge in [0, 0.05) is 14.2 Å². The van der Waals surface area contributed by atoms with Crippen LogP contribution in [0.5, 0.6) is 0 Å². The Morgan fingerprint density at radius 1 is 1.55 bits per heavy atom. The number of nitrogen functional groups attached to an aromatic ring is 1. The van der Waals surface area contributed by atoms with Gasteiger partial charge >= 0.3 is 29.6 Å². The zero-order valence-corrected chi connectivity index (χ0v) is 15.1.